The van der Waals surface area contributed by atoms with Crippen molar-refractivity contribution in [2.75, 3.05) is 20.2 Å². The number of aliphatic hydroxyl groups excluding tert-OH is 1. The zero-order chi connectivity index (χ0) is 15.7. The molecule has 0 saturated heterocycles. The van der Waals surface area contributed by atoms with Crippen LogP contribution in [0.4, 0.5) is 0 Å². The second kappa shape index (κ2) is 8.77. The molecule has 0 aromatic heterocycles. The molecule has 112 valence electrons. The highest BCUT2D eigenvalue weighted by Gasteiger charge is 2.07. The van der Waals surface area contributed by atoms with Gasteiger partial charge in [0.1, 0.15) is 0 Å². The number of hydrogen-bond donors (Lipinski definition) is 3. The molecule has 2 amide bonds. The molecule has 1 aromatic rings. The quantitative estimate of drug-likeness (QED) is 0.694. The summed E-state index contributed by atoms with van der Waals surface area (Å²) in [5.41, 5.74) is 2.18. The van der Waals surface area contributed by atoms with Crippen molar-refractivity contribution in [3.8, 4) is 11.8 Å². The van der Waals surface area contributed by atoms with Crippen LogP contribution in [0.15, 0.2) is 18.2 Å². The van der Waals surface area contributed by atoms with Crippen LogP contribution in [0.25, 0.3) is 0 Å². The number of hydrogen-bond acceptors (Lipinski definition) is 3. The first-order valence-electron chi connectivity index (χ1n) is 6.77. The molecule has 21 heavy (non-hydrogen) atoms. The van der Waals surface area contributed by atoms with Crippen LogP contribution in [0.3, 0.4) is 0 Å². The van der Waals surface area contributed by atoms with E-state index < -0.39 is 0 Å². The standard InChI is InChI=1S/C16H20N2O3/c1-12-9-13(5-3-4-8-19)11-14(10-12)16(21)18-7-6-15(20)17-2/h9-11,19H,4,6-8H2,1-2H3,(H,17,20)(H,18,21). The summed E-state index contributed by atoms with van der Waals surface area (Å²) in [6.45, 7) is 2.20. The number of aliphatic hydroxyl groups is 1. The first-order chi connectivity index (χ1) is 10.1. The normalized spacial score (nSPS) is 9.48. The summed E-state index contributed by atoms with van der Waals surface area (Å²) in [4.78, 5) is 23.1. The van der Waals surface area contributed by atoms with Crippen molar-refractivity contribution in [3.05, 3.63) is 34.9 Å². The van der Waals surface area contributed by atoms with Crippen molar-refractivity contribution in [1.29, 1.82) is 0 Å². The maximum Gasteiger partial charge on any atom is 0.251 e. The average Bonchev–Trinajstić information content (AvgIpc) is 2.46. The Labute approximate surface area is 124 Å². The topological polar surface area (TPSA) is 78.4 Å². The molecule has 0 unspecified atom stereocenters. The van der Waals surface area contributed by atoms with Crippen molar-refractivity contribution >= 4 is 11.8 Å². The van der Waals surface area contributed by atoms with Crippen LogP contribution in [0.5, 0.6) is 0 Å². The molecule has 1 aromatic carbocycles. The van der Waals surface area contributed by atoms with Gasteiger partial charge in [-0.25, -0.2) is 0 Å². The molecule has 0 fully saturated rings. The van der Waals surface area contributed by atoms with E-state index in [1.54, 1.807) is 19.2 Å². The maximum atomic E-state index is 12.0. The number of rotatable bonds is 5. The predicted molar refractivity (Wildman–Crippen MR) is 80.8 cm³/mol. The number of nitrogens with one attached hydrogen (secondary N) is 2. The van der Waals surface area contributed by atoms with E-state index in [4.69, 9.17) is 5.11 Å². The second-order valence-corrected chi connectivity index (χ2v) is 4.54. The van der Waals surface area contributed by atoms with Gasteiger partial charge in [-0.2, -0.15) is 0 Å². The molecule has 0 bridgehead atoms. The number of amides is 2. The number of carbonyl (C=O) groups excluding carboxylic acids is 2. The molecule has 0 aliphatic carbocycles. The minimum atomic E-state index is -0.229. The zero-order valence-corrected chi connectivity index (χ0v) is 12.3. The summed E-state index contributed by atoms with van der Waals surface area (Å²) < 4.78 is 0. The molecule has 0 atom stereocenters. The van der Waals surface area contributed by atoms with E-state index in [1.165, 1.54) is 0 Å². The van der Waals surface area contributed by atoms with Gasteiger partial charge in [0, 0.05) is 37.6 Å². The Morgan fingerprint density at radius 1 is 1.29 bits per heavy atom. The van der Waals surface area contributed by atoms with Gasteiger partial charge < -0.3 is 15.7 Å². The summed E-state index contributed by atoms with van der Waals surface area (Å²) in [7, 11) is 1.56. The van der Waals surface area contributed by atoms with Crippen LogP contribution in [0.1, 0.15) is 34.3 Å². The smallest absolute Gasteiger partial charge is 0.251 e. The van der Waals surface area contributed by atoms with Crippen molar-refractivity contribution in [3.63, 3.8) is 0 Å². The summed E-state index contributed by atoms with van der Waals surface area (Å²) in [6.07, 6.45) is 0.652. The van der Waals surface area contributed by atoms with Gasteiger partial charge in [-0.1, -0.05) is 11.8 Å². The summed E-state index contributed by atoms with van der Waals surface area (Å²) in [5.74, 6) is 5.39. The Hall–Kier alpha value is -2.32. The number of benzene rings is 1. The minimum absolute atomic E-state index is 0.0195. The molecule has 0 radical (unpaired) electrons. The van der Waals surface area contributed by atoms with E-state index in [2.05, 4.69) is 22.5 Å². The van der Waals surface area contributed by atoms with Crippen LogP contribution in [-0.4, -0.2) is 37.1 Å². The van der Waals surface area contributed by atoms with E-state index >= 15 is 0 Å². The van der Waals surface area contributed by atoms with Gasteiger partial charge in [0.05, 0.1) is 6.61 Å². The lowest BCUT2D eigenvalue weighted by atomic mass is 10.1. The fourth-order valence-electron chi connectivity index (χ4n) is 1.72. The third-order valence-electron chi connectivity index (χ3n) is 2.73. The first-order valence-corrected chi connectivity index (χ1v) is 6.77. The van der Waals surface area contributed by atoms with E-state index in [0.717, 1.165) is 11.1 Å². The molecule has 0 aliphatic rings. The summed E-state index contributed by atoms with van der Waals surface area (Å²) in [6, 6.07) is 5.35. The fraction of sp³-hybridized carbons (Fsp3) is 0.375. The Balaban J connectivity index is 2.71. The Morgan fingerprint density at radius 2 is 2.05 bits per heavy atom. The number of carbonyl (C=O) groups is 2. The van der Waals surface area contributed by atoms with E-state index in [0.29, 0.717) is 12.0 Å². The van der Waals surface area contributed by atoms with Gasteiger partial charge in [-0.15, -0.1) is 0 Å². The lowest BCUT2D eigenvalue weighted by Gasteiger charge is -2.06. The molecule has 5 nitrogen and oxygen atoms in total. The average molecular weight is 288 g/mol. The highest BCUT2D eigenvalue weighted by molar-refractivity contribution is 5.95. The molecule has 0 heterocycles. The number of aryl methyl sites for hydroxylation is 1. The van der Waals surface area contributed by atoms with Gasteiger partial charge in [0.15, 0.2) is 0 Å². The molecule has 0 aliphatic heterocycles. The summed E-state index contributed by atoms with van der Waals surface area (Å²) >= 11 is 0. The van der Waals surface area contributed by atoms with Gasteiger partial charge >= 0.3 is 0 Å². The molecular weight excluding hydrogens is 268 g/mol. The molecule has 3 N–H and O–H groups in total. The predicted octanol–water partition coefficient (Wildman–Crippen LogP) is 0.595. The highest BCUT2D eigenvalue weighted by Crippen LogP contribution is 2.09. The third kappa shape index (κ3) is 6.11. The van der Waals surface area contributed by atoms with Gasteiger partial charge in [-0.3, -0.25) is 9.59 Å². The van der Waals surface area contributed by atoms with Gasteiger partial charge in [-0.05, 0) is 30.7 Å². The van der Waals surface area contributed by atoms with Crippen molar-refractivity contribution < 1.29 is 14.7 Å². The first kappa shape index (κ1) is 16.7. The Morgan fingerprint density at radius 3 is 2.71 bits per heavy atom. The monoisotopic (exact) mass is 288 g/mol. The maximum absolute atomic E-state index is 12.0. The largest absolute Gasteiger partial charge is 0.395 e. The minimum Gasteiger partial charge on any atom is -0.395 e. The molecule has 0 saturated carbocycles. The van der Waals surface area contributed by atoms with Crippen LogP contribution in [0, 0.1) is 18.8 Å². The Bertz CT molecular complexity index is 571. The van der Waals surface area contributed by atoms with Gasteiger partial charge in [0.25, 0.3) is 5.91 Å². The lowest BCUT2D eigenvalue weighted by molar-refractivity contribution is -0.120. The highest BCUT2D eigenvalue weighted by atomic mass is 16.2. The summed E-state index contributed by atoms with van der Waals surface area (Å²) in [5, 5.41) is 13.9. The fourth-order valence-corrected chi connectivity index (χ4v) is 1.72. The Kier molecular flexibility index (Phi) is 6.99. The van der Waals surface area contributed by atoms with Crippen LogP contribution >= 0.6 is 0 Å². The van der Waals surface area contributed by atoms with Crippen LogP contribution in [0.2, 0.25) is 0 Å². The van der Waals surface area contributed by atoms with Crippen molar-refractivity contribution in [2.45, 2.75) is 19.8 Å². The molecular formula is C16H20N2O3. The van der Waals surface area contributed by atoms with E-state index in [1.807, 2.05) is 13.0 Å². The lowest BCUT2D eigenvalue weighted by Crippen LogP contribution is -2.29. The van der Waals surface area contributed by atoms with Gasteiger partial charge in [0.2, 0.25) is 5.91 Å². The molecule has 1 rings (SSSR count). The third-order valence-corrected chi connectivity index (χ3v) is 2.73. The SMILES string of the molecule is CNC(=O)CCNC(=O)c1cc(C)cc(C#CCCO)c1. The molecule has 5 heteroatoms. The molecule has 0 spiro atoms. The second-order valence-electron chi connectivity index (χ2n) is 4.54. The van der Waals surface area contributed by atoms with Crippen LogP contribution in [-0.2, 0) is 4.79 Å². The van der Waals surface area contributed by atoms with E-state index in [-0.39, 0.29) is 31.4 Å². The van der Waals surface area contributed by atoms with Crippen molar-refractivity contribution in [2.24, 2.45) is 0 Å². The van der Waals surface area contributed by atoms with Crippen molar-refractivity contribution in [1.82, 2.24) is 10.6 Å². The van der Waals surface area contributed by atoms with Crippen LogP contribution < -0.4 is 10.6 Å². The zero-order valence-electron chi connectivity index (χ0n) is 12.3. The van der Waals surface area contributed by atoms with E-state index in [9.17, 15) is 9.59 Å².